The summed E-state index contributed by atoms with van der Waals surface area (Å²) in [4.78, 5) is 14.3. The SMILES string of the molecule is O=C(O)c1ccc(Cl)nc1-c1c(F)c(F)c(F)c(F)c1F. The molecule has 21 heavy (non-hydrogen) atoms. The highest BCUT2D eigenvalue weighted by atomic mass is 35.5. The summed E-state index contributed by atoms with van der Waals surface area (Å²) in [7, 11) is 0. The van der Waals surface area contributed by atoms with Crippen LogP contribution in [-0.2, 0) is 0 Å². The lowest BCUT2D eigenvalue weighted by Gasteiger charge is -2.10. The number of aromatic nitrogens is 1. The van der Waals surface area contributed by atoms with E-state index in [-0.39, 0.29) is 5.15 Å². The molecule has 0 radical (unpaired) electrons. The van der Waals surface area contributed by atoms with Gasteiger partial charge in [0.15, 0.2) is 23.3 Å². The van der Waals surface area contributed by atoms with Crippen molar-refractivity contribution in [2.45, 2.75) is 0 Å². The van der Waals surface area contributed by atoms with Crippen LogP contribution in [0.15, 0.2) is 12.1 Å². The molecule has 0 aliphatic heterocycles. The zero-order valence-corrected chi connectivity index (χ0v) is 10.5. The summed E-state index contributed by atoms with van der Waals surface area (Å²) in [5, 5.41) is 8.53. The number of benzene rings is 1. The Kier molecular flexibility index (Phi) is 3.82. The van der Waals surface area contributed by atoms with Gasteiger partial charge in [0.25, 0.3) is 0 Å². The Morgan fingerprint density at radius 2 is 1.43 bits per heavy atom. The lowest BCUT2D eigenvalue weighted by molar-refractivity contribution is 0.0697. The third-order valence-electron chi connectivity index (χ3n) is 2.54. The van der Waals surface area contributed by atoms with Crippen molar-refractivity contribution >= 4 is 17.6 Å². The number of halogens is 6. The van der Waals surface area contributed by atoms with Gasteiger partial charge in [0.1, 0.15) is 5.15 Å². The molecular weight excluding hydrogens is 321 g/mol. The van der Waals surface area contributed by atoms with E-state index < -0.39 is 51.9 Å². The molecule has 1 heterocycles. The quantitative estimate of drug-likeness (QED) is 0.396. The summed E-state index contributed by atoms with van der Waals surface area (Å²) >= 11 is 5.48. The third-order valence-corrected chi connectivity index (χ3v) is 2.75. The van der Waals surface area contributed by atoms with Gasteiger partial charge in [0, 0.05) is 0 Å². The zero-order valence-electron chi connectivity index (χ0n) is 9.73. The molecule has 1 aromatic heterocycles. The van der Waals surface area contributed by atoms with Crippen molar-refractivity contribution < 1.29 is 31.9 Å². The molecule has 0 amide bonds. The zero-order chi connectivity index (χ0) is 15.9. The smallest absolute Gasteiger partial charge is 0.337 e. The Balaban J connectivity index is 2.92. The first-order chi connectivity index (χ1) is 9.75. The predicted molar refractivity (Wildman–Crippen MR) is 61.4 cm³/mol. The fraction of sp³-hybridized carbons (Fsp3) is 0. The monoisotopic (exact) mass is 323 g/mol. The summed E-state index contributed by atoms with van der Waals surface area (Å²) in [6.07, 6.45) is 0. The number of carboxylic acid groups (broad SMARTS) is 1. The Morgan fingerprint density at radius 1 is 0.952 bits per heavy atom. The second-order valence-corrected chi connectivity index (χ2v) is 4.17. The van der Waals surface area contributed by atoms with Gasteiger partial charge in [-0.2, -0.15) is 0 Å². The maximum atomic E-state index is 13.7. The molecule has 0 saturated carbocycles. The van der Waals surface area contributed by atoms with Crippen molar-refractivity contribution in [2.24, 2.45) is 0 Å². The largest absolute Gasteiger partial charge is 0.478 e. The van der Waals surface area contributed by atoms with Gasteiger partial charge in [-0.25, -0.2) is 31.7 Å². The molecule has 0 fully saturated rings. The Labute approximate surface area is 118 Å². The minimum absolute atomic E-state index is 0.376. The van der Waals surface area contributed by atoms with E-state index in [1.807, 2.05) is 0 Å². The van der Waals surface area contributed by atoms with Crippen molar-refractivity contribution in [3.8, 4) is 11.3 Å². The topological polar surface area (TPSA) is 50.2 Å². The summed E-state index contributed by atoms with van der Waals surface area (Å²) in [6, 6.07) is 1.84. The van der Waals surface area contributed by atoms with Gasteiger partial charge in [-0.05, 0) is 12.1 Å². The molecule has 110 valence electrons. The van der Waals surface area contributed by atoms with Gasteiger partial charge in [0.05, 0.1) is 16.8 Å². The normalized spacial score (nSPS) is 10.8. The lowest BCUT2D eigenvalue weighted by Crippen LogP contribution is -2.09. The van der Waals surface area contributed by atoms with E-state index >= 15 is 0 Å². The molecule has 0 aliphatic rings. The summed E-state index contributed by atoms with van der Waals surface area (Å²) in [5.41, 5.74) is -3.17. The highest BCUT2D eigenvalue weighted by molar-refractivity contribution is 6.29. The second-order valence-electron chi connectivity index (χ2n) is 3.78. The summed E-state index contributed by atoms with van der Waals surface area (Å²) in [5.74, 6) is -12.8. The highest BCUT2D eigenvalue weighted by Crippen LogP contribution is 2.33. The first-order valence-corrected chi connectivity index (χ1v) is 5.55. The number of pyridine rings is 1. The Morgan fingerprint density at radius 3 is 1.90 bits per heavy atom. The Hall–Kier alpha value is -2.22. The van der Waals surface area contributed by atoms with Crippen LogP contribution in [0.1, 0.15) is 10.4 Å². The van der Waals surface area contributed by atoms with Crippen molar-refractivity contribution in [3.63, 3.8) is 0 Å². The highest BCUT2D eigenvalue weighted by Gasteiger charge is 2.29. The molecule has 0 spiro atoms. The maximum Gasteiger partial charge on any atom is 0.337 e. The van der Waals surface area contributed by atoms with Gasteiger partial charge in [-0.15, -0.1) is 0 Å². The third kappa shape index (κ3) is 2.42. The van der Waals surface area contributed by atoms with E-state index in [0.29, 0.717) is 0 Å². The molecule has 0 bridgehead atoms. The van der Waals surface area contributed by atoms with Gasteiger partial charge in [-0.1, -0.05) is 11.6 Å². The molecule has 3 nitrogen and oxygen atoms in total. The van der Waals surface area contributed by atoms with Crippen molar-refractivity contribution in [2.75, 3.05) is 0 Å². The molecule has 0 aliphatic carbocycles. The average Bonchev–Trinajstić information content (AvgIpc) is 2.43. The molecule has 9 heteroatoms. The number of hydrogen-bond donors (Lipinski definition) is 1. The number of hydrogen-bond acceptors (Lipinski definition) is 2. The first kappa shape index (κ1) is 15.2. The van der Waals surface area contributed by atoms with Crippen LogP contribution in [-0.4, -0.2) is 16.1 Å². The van der Waals surface area contributed by atoms with E-state index in [0.717, 1.165) is 12.1 Å². The molecule has 0 atom stereocenters. The van der Waals surface area contributed by atoms with Crippen molar-refractivity contribution in [1.82, 2.24) is 4.98 Å². The van der Waals surface area contributed by atoms with Gasteiger partial charge in [-0.3, -0.25) is 0 Å². The van der Waals surface area contributed by atoms with E-state index in [9.17, 15) is 26.7 Å². The molecule has 2 rings (SSSR count). The van der Waals surface area contributed by atoms with Crippen LogP contribution in [0.5, 0.6) is 0 Å². The molecule has 1 aromatic carbocycles. The number of rotatable bonds is 2. The standard InChI is InChI=1S/C12H3ClF5NO2/c13-4-2-1-3(12(20)21)11(19-4)5-6(14)8(16)10(18)9(17)7(5)15/h1-2H,(H,20,21). The number of carboxylic acids is 1. The van der Waals surface area contributed by atoms with Crippen LogP contribution < -0.4 is 0 Å². The van der Waals surface area contributed by atoms with Gasteiger partial charge in [0.2, 0.25) is 5.82 Å². The number of nitrogens with zero attached hydrogens (tertiary/aromatic N) is 1. The molecule has 0 saturated heterocycles. The van der Waals surface area contributed by atoms with E-state index in [1.54, 1.807) is 0 Å². The fourth-order valence-corrected chi connectivity index (χ4v) is 1.76. The lowest BCUT2D eigenvalue weighted by atomic mass is 10.0. The van der Waals surface area contributed by atoms with Crippen LogP contribution in [0, 0.1) is 29.1 Å². The van der Waals surface area contributed by atoms with E-state index in [4.69, 9.17) is 16.7 Å². The number of aromatic carboxylic acids is 1. The fourth-order valence-electron chi connectivity index (χ4n) is 1.61. The van der Waals surface area contributed by atoms with Crippen LogP contribution in [0.25, 0.3) is 11.3 Å². The molecule has 1 N–H and O–H groups in total. The van der Waals surface area contributed by atoms with Crippen LogP contribution in [0.4, 0.5) is 22.0 Å². The van der Waals surface area contributed by atoms with Crippen LogP contribution in [0.3, 0.4) is 0 Å². The summed E-state index contributed by atoms with van der Waals surface area (Å²) in [6.45, 7) is 0. The van der Waals surface area contributed by atoms with Gasteiger partial charge >= 0.3 is 5.97 Å². The molecule has 0 unspecified atom stereocenters. The second kappa shape index (κ2) is 5.28. The van der Waals surface area contributed by atoms with E-state index in [2.05, 4.69) is 4.98 Å². The van der Waals surface area contributed by atoms with Gasteiger partial charge < -0.3 is 5.11 Å². The average molecular weight is 324 g/mol. The van der Waals surface area contributed by atoms with Crippen molar-refractivity contribution in [1.29, 1.82) is 0 Å². The molecular formula is C12H3ClF5NO2. The minimum atomic E-state index is -2.35. The summed E-state index contributed by atoms with van der Waals surface area (Å²) < 4.78 is 66.6. The minimum Gasteiger partial charge on any atom is -0.478 e. The van der Waals surface area contributed by atoms with Crippen LogP contribution in [0.2, 0.25) is 5.15 Å². The van der Waals surface area contributed by atoms with Crippen LogP contribution >= 0.6 is 11.6 Å². The molecule has 2 aromatic rings. The number of carbonyl (C=O) groups is 1. The predicted octanol–water partition coefficient (Wildman–Crippen LogP) is 3.80. The maximum absolute atomic E-state index is 13.7. The Bertz CT molecular complexity index is 737. The van der Waals surface area contributed by atoms with Crippen molar-refractivity contribution in [3.05, 3.63) is 51.9 Å². The first-order valence-electron chi connectivity index (χ1n) is 5.17. The van der Waals surface area contributed by atoms with E-state index in [1.165, 1.54) is 0 Å².